The van der Waals surface area contributed by atoms with Crippen molar-refractivity contribution in [1.29, 1.82) is 0 Å². The molecule has 1 amide bonds. The van der Waals surface area contributed by atoms with Crippen LogP contribution in [0.4, 0.5) is 5.69 Å². The number of fused-ring (bicyclic) bond motifs is 1. The molecule has 4 aromatic rings. The van der Waals surface area contributed by atoms with Crippen molar-refractivity contribution in [2.24, 2.45) is 0 Å². The number of aryl methyl sites for hydroxylation is 3. The molecule has 0 aliphatic carbocycles. The van der Waals surface area contributed by atoms with Crippen molar-refractivity contribution in [3.8, 4) is 5.75 Å². The van der Waals surface area contributed by atoms with E-state index in [2.05, 4.69) is 15.3 Å². The van der Waals surface area contributed by atoms with Crippen LogP contribution in [0.15, 0.2) is 58.4 Å². The van der Waals surface area contributed by atoms with Gasteiger partial charge in [0.1, 0.15) is 12.3 Å². The summed E-state index contributed by atoms with van der Waals surface area (Å²) in [6, 6.07) is 11.0. The molecule has 0 radical (unpaired) electrons. The predicted molar refractivity (Wildman–Crippen MR) is 129 cm³/mol. The monoisotopic (exact) mass is 459 g/mol. The minimum atomic E-state index is -0.645. The van der Waals surface area contributed by atoms with Gasteiger partial charge >= 0.3 is 5.69 Å². The summed E-state index contributed by atoms with van der Waals surface area (Å²) in [7, 11) is 1.54. The van der Waals surface area contributed by atoms with Crippen LogP contribution in [-0.4, -0.2) is 32.1 Å². The van der Waals surface area contributed by atoms with Gasteiger partial charge in [0.2, 0.25) is 5.91 Å². The summed E-state index contributed by atoms with van der Waals surface area (Å²) in [6.07, 6.45) is 2.77. The predicted octanol–water partition coefficient (Wildman–Crippen LogP) is 2.57. The van der Waals surface area contributed by atoms with Crippen molar-refractivity contribution >= 4 is 22.8 Å². The lowest BCUT2D eigenvalue weighted by atomic mass is 10.1. The van der Waals surface area contributed by atoms with E-state index < -0.39 is 17.2 Å². The molecule has 0 spiro atoms. The van der Waals surface area contributed by atoms with Gasteiger partial charge in [-0.15, -0.1) is 0 Å². The lowest BCUT2D eigenvalue weighted by Gasteiger charge is -2.15. The van der Waals surface area contributed by atoms with Crippen LogP contribution in [0, 0.1) is 20.8 Å². The Labute approximate surface area is 195 Å². The maximum Gasteiger partial charge on any atom is 0.333 e. The quantitative estimate of drug-likeness (QED) is 0.475. The first-order chi connectivity index (χ1) is 16.3. The first kappa shape index (κ1) is 22.9. The standard InChI is InChI=1S/C25H25N5O4/c1-15-10-16(2)21(17(3)11-15)28-20(31)14-29-23-22(26-8-9-27-23)24(32)30(25(29)33)13-18-6-5-7-19(12-18)34-4/h5-12H,13-14H2,1-4H3,(H,28,31). The number of nitrogens with zero attached hydrogens (tertiary/aromatic N) is 4. The normalized spacial score (nSPS) is 10.9. The Morgan fingerprint density at radius 3 is 2.41 bits per heavy atom. The second-order valence-electron chi connectivity index (χ2n) is 8.16. The number of benzene rings is 2. The molecule has 9 heteroatoms. The second-order valence-corrected chi connectivity index (χ2v) is 8.16. The Morgan fingerprint density at radius 2 is 1.71 bits per heavy atom. The molecule has 0 aliphatic rings. The zero-order chi connectivity index (χ0) is 24.4. The fourth-order valence-corrected chi connectivity index (χ4v) is 4.07. The van der Waals surface area contributed by atoms with Crippen molar-refractivity contribution in [3.63, 3.8) is 0 Å². The van der Waals surface area contributed by atoms with Crippen LogP contribution >= 0.6 is 0 Å². The van der Waals surface area contributed by atoms with Crippen LogP contribution in [0.3, 0.4) is 0 Å². The minimum absolute atomic E-state index is 0.000815. The summed E-state index contributed by atoms with van der Waals surface area (Å²) < 4.78 is 7.47. The summed E-state index contributed by atoms with van der Waals surface area (Å²) in [6.45, 7) is 5.49. The summed E-state index contributed by atoms with van der Waals surface area (Å²) in [5, 5.41) is 2.89. The van der Waals surface area contributed by atoms with Crippen molar-refractivity contribution in [2.45, 2.75) is 33.9 Å². The molecule has 174 valence electrons. The van der Waals surface area contributed by atoms with Gasteiger partial charge < -0.3 is 10.1 Å². The van der Waals surface area contributed by atoms with Gasteiger partial charge in [0, 0.05) is 18.1 Å². The number of methoxy groups -OCH3 is 1. The maximum atomic E-state index is 13.4. The fourth-order valence-electron chi connectivity index (χ4n) is 4.07. The van der Waals surface area contributed by atoms with Gasteiger partial charge in [0.15, 0.2) is 11.2 Å². The zero-order valence-corrected chi connectivity index (χ0v) is 19.5. The number of amides is 1. The number of carbonyl (C=O) groups is 1. The van der Waals surface area contributed by atoms with Gasteiger partial charge in [0.25, 0.3) is 5.56 Å². The number of hydrogen-bond donors (Lipinski definition) is 1. The van der Waals surface area contributed by atoms with E-state index in [1.165, 1.54) is 17.0 Å². The van der Waals surface area contributed by atoms with Gasteiger partial charge in [-0.05, 0) is 49.6 Å². The minimum Gasteiger partial charge on any atom is -0.497 e. The third-order valence-corrected chi connectivity index (χ3v) is 5.56. The van der Waals surface area contributed by atoms with Crippen LogP contribution in [0.25, 0.3) is 11.2 Å². The van der Waals surface area contributed by atoms with E-state index in [4.69, 9.17) is 4.74 Å². The molecule has 2 aromatic carbocycles. The smallest absolute Gasteiger partial charge is 0.333 e. The third kappa shape index (κ3) is 4.45. The molecule has 0 unspecified atom stereocenters. The summed E-state index contributed by atoms with van der Waals surface area (Å²) >= 11 is 0. The van der Waals surface area contributed by atoms with E-state index in [1.807, 2.05) is 32.9 Å². The molecule has 0 saturated carbocycles. The van der Waals surface area contributed by atoms with Crippen LogP contribution in [0.5, 0.6) is 5.75 Å². The van der Waals surface area contributed by atoms with Gasteiger partial charge in [0.05, 0.1) is 13.7 Å². The lowest BCUT2D eigenvalue weighted by molar-refractivity contribution is -0.116. The average Bonchev–Trinajstić information content (AvgIpc) is 2.82. The summed E-state index contributed by atoms with van der Waals surface area (Å²) in [4.78, 5) is 47.7. The van der Waals surface area contributed by atoms with Crippen LogP contribution < -0.4 is 21.3 Å². The van der Waals surface area contributed by atoms with Crippen molar-refractivity contribution in [2.75, 3.05) is 12.4 Å². The second kappa shape index (κ2) is 9.30. The Hall–Kier alpha value is -4.27. The molecule has 4 rings (SSSR count). The van der Waals surface area contributed by atoms with E-state index in [0.29, 0.717) is 17.0 Å². The number of anilines is 1. The molecule has 0 aliphatic heterocycles. The Balaban J connectivity index is 1.76. The molecule has 34 heavy (non-hydrogen) atoms. The molecule has 0 fully saturated rings. The van der Waals surface area contributed by atoms with Crippen LogP contribution in [-0.2, 0) is 17.9 Å². The van der Waals surface area contributed by atoms with Gasteiger partial charge in [-0.2, -0.15) is 0 Å². The van der Waals surface area contributed by atoms with Gasteiger partial charge in [-0.25, -0.2) is 14.8 Å². The highest BCUT2D eigenvalue weighted by Crippen LogP contribution is 2.22. The topological polar surface area (TPSA) is 108 Å². The fraction of sp³-hybridized carbons (Fsp3) is 0.240. The molecule has 1 N–H and O–H groups in total. The zero-order valence-electron chi connectivity index (χ0n) is 19.5. The number of rotatable bonds is 6. The van der Waals surface area contributed by atoms with E-state index in [1.54, 1.807) is 31.4 Å². The SMILES string of the molecule is COc1cccc(Cn2c(=O)c3nccnc3n(CC(=O)Nc3c(C)cc(C)cc3C)c2=O)c1. The van der Waals surface area contributed by atoms with E-state index in [0.717, 1.165) is 21.3 Å². The van der Waals surface area contributed by atoms with Gasteiger partial charge in [-0.1, -0.05) is 29.8 Å². The van der Waals surface area contributed by atoms with Gasteiger partial charge in [-0.3, -0.25) is 18.7 Å². The van der Waals surface area contributed by atoms with Crippen LogP contribution in [0.2, 0.25) is 0 Å². The Bertz CT molecular complexity index is 1500. The molecule has 2 aromatic heterocycles. The largest absolute Gasteiger partial charge is 0.497 e. The first-order valence-corrected chi connectivity index (χ1v) is 10.7. The van der Waals surface area contributed by atoms with E-state index in [-0.39, 0.29) is 24.3 Å². The number of ether oxygens (including phenoxy) is 1. The number of carbonyl (C=O) groups excluding carboxylic acids is 1. The van der Waals surface area contributed by atoms with Crippen molar-refractivity contribution < 1.29 is 9.53 Å². The van der Waals surface area contributed by atoms with Crippen molar-refractivity contribution in [3.05, 3.63) is 91.9 Å². The molecular weight excluding hydrogens is 434 g/mol. The lowest BCUT2D eigenvalue weighted by Crippen LogP contribution is -2.42. The number of aromatic nitrogens is 4. The van der Waals surface area contributed by atoms with Crippen LogP contribution in [0.1, 0.15) is 22.3 Å². The van der Waals surface area contributed by atoms with E-state index >= 15 is 0 Å². The summed E-state index contributed by atoms with van der Waals surface area (Å²) in [5.74, 6) is 0.199. The van der Waals surface area contributed by atoms with E-state index in [9.17, 15) is 14.4 Å². The van der Waals surface area contributed by atoms with Crippen molar-refractivity contribution in [1.82, 2.24) is 19.1 Å². The highest BCUT2D eigenvalue weighted by molar-refractivity contribution is 5.92. The Kier molecular flexibility index (Phi) is 6.27. The summed E-state index contributed by atoms with van der Waals surface area (Å²) in [5.41, 5.74) is 3.19. The highest BCUT2D eigenvalue weighted by Gasteiger charge is 2.18. The Morgan fingerprint density at radius 1 is 1.00 bits per heavy atom. The molecule has 2 heterocycles. The molecule has 0 saturated heterocycles. The average molecular weight is 460 g/mol. The maximum absolute atomic E-state index is 13.4. The molecule has 9 nitrogen and oxygen atoms in total. The molecule has 0 bridgehead atoms. The first-order valence-electron chi connectivity index (χ1n) is 10.7. The highest BCUT2D eigenvalue weighted by atomic mass is 16.5. The number of nitrogens with one attached hydrogen (secondary N) is 1. The molecule has 0 atom stereocenters. The number of hydrogen-bond acceptors (Lipinski definition) is 6. The molecular formula is C25H25N5O4. The third-order valence-electron chi connectivity index (χ3n) is 5.56.